The number of Topliss-reactive ketones (excluding diaryl/α,β-unsaturated/α-hetero) is 1. The standard InChI is InChI=1S/C15H17N3O3/c19-14(10-4-3-5-11(8-10)18(20)21)9-15-16-12-6-1-2-7-13(12)17-15/h3-5,8,12-13H,1-2,6-7,9H2,(H,16,17)/t12-,13+. The van der Waals surface area contributed by atoms with E-state index in [1.165, 1.54) is 31.0 Å². The summed E-state index contributed by atoms with van der Waals surface area (Å²) in [6.45, 7) is 0. The van der Waals surface area contributed by atoms with Crippen LogP contribution in [0.4, 0.5) is 5.69 Å². The molecule has 2 aliphatic rings. The van der Waals surface area contributed by atoms with Crippen LogP contribution in [0.5, 0.6) is 0 Å². The first-order valence-corrected chi connectivity index (χ1v) is 7.24. The third-order valence-corrected chi connectivity index (χ3v) is 4.11. The van der Waals surface area contributed by atoms with Crippen molar-refractivity contribution in [1.82, 2.24) is 5.32 Å². The number of nitrogens with zero attached hydrogens (tertiary/aromatic N) is 2. The number of nitro groups is 1. The Labute approximate surface area is 122 Å². The van der Waals surface area contributed by atoms with Crippen LogP contribution in [0.25, 0.3) is 0 Å². The van der Waals surface area contributed by atoms with Gasteiger partial charge in [0, 0.05) is 23.7 Å². The number of hydrogen-bond donors (Lipinski definition) is 1. The lowest BCUT2D eigenvalue weighted by atomic mass is 9.92. The second-order valence-corrected chi connectivity index (χ2v) is 5.59. The lowest BCUT2D eigenvalue weighted by molar-refractivity contribution is -0.384. The molecule has 0 unspecified atom stereocenters. The van der Waals surface area contributed by atoms with Gasteiger partial charge in [0.1, 0.15) is 5.84 Å². The molecule has 1 aliphatic carbocycles. The number of ketones is 1. The Morgan fingerprint density at radius 2 is 2.19 bits per heavy atom. The number of rotatable bonds is 4. The van der Waals surface area contributed by atoms with Crippen LogP contribution < -0.4 is 5.32 Å². The van der Waals surface area contributed by atoms with Crippen molar-refractivity contribution >= 4 is 17.3 Å². The van der Waals surface area contributed by atoms with Crippen molar-refractivity contribution in [3.63, 3.8) is 0 Å². The predicted octanol–water partition coefficient (Wildman–Crippen LogP) is 2.48. The van der Waals surface area contributed by atoms with Gasteiger partial charge < -0.3 is 5.32 Å². The zero-order valence-corrected chi connectivity index (χ0v) is 11.6. The first-order valence-electron chi connectivity index (χ1n) is 7.24. The smallest absolute Gasteiger partial charge is 0.270 e. The molecule has 0 bridgehead atoms. The number of nitro benzene ring substituents is 1. The number of carbonyl (C=O) groups is 1. The van der Waals surface area contributed by atoms with Crippen molar-refractivity contribution in [2.45, 2.75) is 44.2 Å². The van der Waals surface area contributed by atoms with Crippen molar-refractivity contribution in [2.75, 3.05) is 0 Å². The van der Waals surface area contributed by atoms with Crippen LogP contribution >= 0.6 is 0 Å². The quantitative estimate of drug-likeness (QED) is 0.524. The molecule has 1 aromatic rings. The molecular weight excluding hydrogens is 270 g/mol. The van der Waals surface area contributed by atoms with Gasteiger partial charge in [0.15, 0.2) is 5.78 Å². The molecule has 3 rings (SSSR count). The number of fused-ring (bicyclic) bond motifs is 1. The molecule has 0 amide bonds. The van der Waals surface area contributed by atoms with Gasteiger partial charge in [-0.2, -0.15) is 0 Å². The Morgan fingerprint density at radius 3 is 2.95 bits per heavy atom. The molecule has 6 heteroatoms. The van der Waals surface area contributed by atoms with E-state index in [2.05, 4.69) is 10.3 Å². The Bertz CT molecular complexity index is 612. The van der Waals surface area contributed by atoms with Gasteiger partial charge >= 0.3 is 0 Å². The number of nitrogens with one attached hydrogen (secondary N) is 1. The zero-order chi connectivity index (χ0) is 14.8. The second-order valence-electron chi connectivity index (χ2n) is 5.59. The van der Waals surface area contributed by atoms with E-state index in [-0.39, 0.29) is 17.9 Å². The van der Waals surface area contributed by atoms with Crippen molar-refractivity contribution in [3.8, 4) is 0 Å². The average molecular weight is 287 g/mol. The van der Waals surface area contributed by atoms with E-state index in [9.17, 15) is 14.9 Å². The number of aliphatic imine (C=N–C) groups is 1. The van der Waals surface area contributed by atoms with Gasteiger partial charge in [-0.05, 0) is 12.8 Å². The van der Waals surface area contributed by atoms with Crippen LogP contribution in [0.2, 0.25) is 0 Å². The normalized spacial score (nSPS) is 23.9. The highest BCUT2D eigenvalue weighted by Gasteiger charge is 2.31. The SMILES string of the molecule is O=C(CC1=N[C@@H]2CCCC[C@@H]2N1)c1cccc([N+](=O)[O-])c1. The maximum atomic E-state index is 12.2. The van der Waals surface area contributed by atoms with E-state index in [1.807, 2.05) is 0 Å². The molecule has 1 N–H and O–H groups in total. The topological polar surface area (TPSA) is 84.6 Å². The molecule has 0 radical (unpaired) electrons. The zero-order valence-electron chi connectivity index (χ0n) is 11.6. The predicted molar refractivity (Wildman–Crippen MR) is 78.7 cm³/mol. The molecule has 0 spiro atoms. The summed E-state index contributed by atoms with van der Waals surface area (Å²) in [4.78, 5) is 27.1. The summed E-state index contributed by atoms with van der Waals surface area (Å²) < 4.78 is 0. The molecule has 1 saturated carbocycles. The summed E-state index contributed by atoms with van der Waals surface area (Å²) in [7, 11) is 0. The fourth-order valence-electron chi connectivity index (χ4n) is 3.03. The maximum absolute atomic E-state index is 12.2. The summed E-state index contributed by atoms with van der Waals surface area (Å²) in [5.74, 6) is 0.590. The minimum absolute atomic E-state index is 0.0594. The minimum atomic E-state index is -0.489. The van der Waals surface area contributed by atoms with E-state index in [0.717, 1.165) is 18.7 Å². The Balaban J connectivity index is 1.69. The first kappa shape index (κ1) is 13.7. The molecule has 2 atom stereocenters. The molecule has 0 saturated heterocycles. The van der Waals surface area contributed by atoms with Crippen molar-refractivity contribution in [3.05, 3.63) is 39.9 Å². The summed E-state index contributed by atoms with van der Waals surface area (Å²) in [5, 5.41) is 14.1. The molecule has 1 aliphatic heterocycles. The van der Waals surface area contributed by atoms with Gasteiger partial charge in [-0.3, -0.25) is 19.9 Å². The van der Waals surface area contributed by atoms with Crippen LogP contribution in [-0.2, 0) is 0 Å². The fraction of sp³-hybridized carbons (Fsp3) is 0.467. The van der Waals surface area contributed by atoms with Gasteiger partial charge in [0.05, 0.1) is 17.4 Å². The third-order valence-electron chi connectivity index (χ3n) is 4.11. The molecule has 0 aromatic heterocycles. The summed E-state index contributed by atoms with van der Waals surface area (Å²) in [6.07, 6.45) is 4.76. The second kappa shape index (κ2) is 5.63. The highest BCUT2D eigenvalue weighted by molar-refractivity contribution is 6.09. The van der Waals surface area contributed by atoms with Gasteiger partial charge in [0.2, 0.25) is 0 Å². The number of non-ortho nitro benzene ring substituents is 1. The van der Waals surface area contributed by atoms with Gasteiger partial charge in [-0.1, -0.05) is 25.0 Å². The minimum Gasteiger partial charge on any atom is -0.369 e. The van der Waals surface area contributed by atoms with Crippen molar-refractivity contribution < 1.29 is 9.72 Å². The van der Waals surface area contributed by atoms with Crippen LogP contribution in [0.15, 0.2) is 29.3 Å². The van der Waals surface area contributed by atoms with E-state index in [0.29, 0.717) is 17.6 Å². The Morgan fingerprint density at radius 1 is 1.38 bits per heavy atom. The Kier molecular flexibility index (Phi) is 3.68. The molecule has 1 aromatic carbocycles. The number of hydrogen-bond acceptors (Lipinski definition) is 5. The van der Waals surface area contributed by atoms with Crippen LogP contribution in [0.1, 0.15) is 42.5 Å². The van der Waals surface area contributed by atoms with Crippen molar-refractivity contribution in [2.24, 2.45) is 4.99 Å². The van der Waals surface area contributed by atoms with Crippen molar-refractivity contribution in [1.29, 1.82) is 0 Å². The van der Waals surface area contributed by atoms with Crippen LogP contribution in [-0.4, -0.2) is 28.6 Å². The summed E-state index contributed by atoms with van der Waals surface area (Å²) >= 11 is 0. The number of carbonyl (C=O) groups excluding carboxylic acids is 1. The van der Waals surface area contributed by atoms with E-state index < -0.39 is 4.92 Å². The monoisotopic (exact) mass is 287 g/mol. The average Bonchev–Trinajstić information content (AvgIpc) is 2.89. The molecule has 110 valence electrons. The highest BCUT2D eigenvalue weighted by atomic mass is 16.6. The number of benzene rings is 1. The maximum Gasteiger partial charge on any atom is 0.270 e. The van der Waals surface area contributed by atoms with Gasteiger partial charge in [-0.15, -0.1) is 0 Å². The highest BCUT2D eigenvalue weighted by Crippen LogP contribution is 2.25. The summed E-state index contributed by atoms with van der Waals surface area (Å²) in [5.41, 5.74) is 0.305. The van der Waals surface area contributed by atoms with Crippen LogP contribution in [0, 0.1) is 10.1 Å². The molecule has 1 heterocycles. The lowest BCUT2D eigenvalue weighted by Gasteiger charge is -2.23. The molecule has 6 nitrogen and oxygen atoms in total. The van der Waals surface area contributed by atoms with E-state index in [4.69, 9.17) is 0 Å². The molecular formula is C15H17N3O3. The summed E-state index contributed by atoms with van der Waals surface area (Å²) in [6, 6.07) is 6.52. The third kappa shape index (κ3) is 2.94. The van der Waals surface area contributed by atoms with Gasteiger partial charge in [0.25, 0.3) is 5.69 Å². The van der Waals surface area contributed by atoms with E-state index >= 15 is 0 Å². The lowest BCUT2D eigenvalue weighted by Crippen LogP contribution is -2.37. The Hall–Kier alpha value is -2.24. The molecule has 1 fully saturated rings. The fourth-order valence-corrected chi connectivity index (χ4v) is 3.03. The van der Waals surface area contributed by atoms with Crippen LogP contribution in [0.3, 0.4) is 0 Å². The molecule has 21 heavy (non-hydrogen) atoms. The first-order chi connectivity index (χ1) is 10.1. The largest absolute Gasteiger partial charge is 0.369 e. The van der Waals surface area contributed by atoms with Gasteiger partial charge in [-0.25, -0.2) is 0 Å². The number of amidine groups is 1. The van der Waals surface area contributed by atoms with E-state index in [1.54, 1.807) is 6.07 Å².